The van der Waals surface area contributed by atoms with Crippen LogP contribution < -0.4 is 5.73 Å². The Kier molecular flexibility index (Phi) is 3.39. The molecule has 0 aromatic heterocycles. The van der Waals surface area contributed by atoms with Crippen LogP contribution in [-0.4, -0.2) is 53.7 Å². The van der Waals surface area contributed by atoms with Gasteiger partial charge < -0.3 is 10.8 Å². The zero-order valence-corrected chi connectivity index (χ0v) is 11.0. The van der Waals surface area contributed by atoms with Crippen LogP contribution in [0.5, 0.6) is 0 Å². The van der Waals surface area contributed by atoms with Gasteiger partial charge in [-0.3, -0.25) is 9.69 Å². The van der Waals surface area contributed by atoms with Crippen LogP contribution in [-0.2, 0) is 19.4 Å². The zero-order valence-electron chi connectivity index (χ0n) is 9.33. The number of nitrogens with zero attached hydrogens (tertiary/aromatic N) is 1. The molecule has 1 atom stereocenters. The van der Waals surface area contributed by atoms with Crippen molar-refractivity contribution in [2.75, 3.05) is 18.1 Å². The van der Waals surface area contributed by atoms with Gasteiger partial charge in [-0.25, -0.2) is 13.2 Å². The van der Waals surface area contributed by atoms with E-state index in [9.17, 15) is 18.0 Å². The first-order valence-electron chi connectivity index (χ1n) is 5.21. The molecule has 18 heavy (non-hydrogen) atoms. The summed E-state index contributed by atoms with van der Waals surface area (Å²) in [6.07, 6.45) is 0.252. The lowest BCUT2D eigenvalue weighted by molar-refractivity contribution is -0.145. The number of fused-ring (bicyclic) bond motifs is 1. The third-order valence-corrected chi connectivity index (χ3v) is 5.71. The van der Waals surface area contributed by atoms with Crippen molar-refractivity contribution >= 4 is 33.5 Å². The molecule has 7 nitrogen and oxygen atoms in total. The summed E-state index contributed by atoms with van der Waals surface area (Å²) in [7, 11) is -3.42. The molecule has 2 aliphatic heterocycles. The maximum absolute atomic E-state index is 11.6. The maximum Gasteiger partial charge on any atom is 0.353 e. The molecule has 0 saturated carbocycles. The molecule has 1 fully saturated rings. The average molecular weight is 292 g/mol. The standard InChI is InChI=1S/C9H12N2O5S2/c10-1-2-18(15,16)4-5-8(9(13)14)11-6(12)3-7(11)17-5/h7H,1-4,10H2,(H,13,14)/t7-/m0/s1. The van der Waals surface area contributed by atoms with Gasteiger partial charge >= 0.3 is 5.97 Å². The minimum atomic E-state index is -3.42. The van der Waals surface area contributed by atoms with E-state index in [4.69, 9.17) is 10.8 Å². The molecule has 0 aromatic carbocycles. The van der Waals surface area contributed by atoms with Crippen LogP contribution in [0.2, 0.25) is 0 Å². The number of hydrogen-bond acceptors (Lipinski definition) is 6. The van der Waals surface area contributed by atoms with E-state index >= 15 is 0 Å². The Labute approximate surface area is 108 Å². The van der Waals surface area contributed by atoms with Gasteiger partial charge in [0.05, 0.1) is 23.3 Å². The monoisotopic (exact) mass is 292 g/mol. The van der Waals surface area contributed by atoms with Gasteiger partial charge in [0.2, 0.25) is 5.91 Å². The Bertz CT molecular complexity index is 539. The van der Waals surface area contributed by atoms with Gasteiger partial charge in [0, 0.05) is 11.4 Å². The van der Waals surface area contributed by atoms with Crippen molar-refractivity contribution in [3.63, 3.8) is 0 Å². The van der Waals surface area contributed by atoms with E-state index in [2.05, 4.69) is 0 Å². The molecule has 0 bridgehead atoms. The molecule has 9 heteroatoms. The smallest absolute Gasteiger partial charge is 0.353 e. The molecule has 3 N–H and O–H groups in total. The molecule has 1 saturated heterocycles. The molecule has 0 spiro atoms. The minimum Gasteiger partial charge on any atom is -0.477 e. The molecule has 0 radical (unpaired) electrons. The first-order valence-corrected chi connectivity index (χ1v) is 7.91. The summed E-state index contributed by atoms with van der Waals surface area (Å²) in [5.41, 5.74) is 5.00. The highest BCUT2D eigenvalue weighted by molar-refractivity contribution is 8.05. The van der Waals surface area contributed by atoms with E-state index < -0.39 is 15.8 Å². The quantitative estimate of drug-likeness (QED) is 0.621. The molecule has 1 amide bonds. The van der Waals surface area contributed by atoms with Gasteiger partial charge in [-0.05, 0) is 0 Å². The third kappa shape index (κ3) is 2.25. The molecular formula is C9H12N2O5S2. The van der Waals surface area contributed by atoms with Crippen LogP contribution in [0.15, 0.2) is 10.6 Å². The third-order valence-electron chi connectivity index (χ3n) is 2.67. The summed E-state index contributed by atoms with van der Waals surface area (Å²) in [5.74, 6) is -2.11. The topological polar surface area (TPSA) is 118 Å². The summed E-state index contributed by atoms with van der Waals surface area (Å²) < 4.78 is 23.3. The van der Waals surface area contributed by atoms with Crippen LogP contribution in [0.3, 0.4) is 0 Å². The van der Waals surface area contributed by atoms with Crippen molar-refractivity contribution in [3.8, 4) is 0 Å². The Morgan fingerprint density at radius 2 is 2.22 bits per heavy atom. The Hall–Kier alpha value is -1.06. The molecule has 0 aromatic rings. The average Bonchev–Trinajstić information content (AvgIpc) is 2.50. The molecule has 100 valence electrons. The highest BCUT2D eigenvalue weighted by Gasteiger charge is 2.48. The normalized spacial score (nSPS) is 23.1. The summed E-state index contributed by atoms with van der Waals surface area (Å²) >= 11 is 1.14. The first kappa shape index (κ1) is 13.4. The summed E-state index contributed by atoms with van der Waals surface area (Å²) in [5, 5.41) is 8.81. The SMILES string of the molecule is NCCS(=O)(=O)CC1=C(C(=O)O)N2C(=O)C[C@@H]2S1. The Morgan fingerprint density at radius 1 is 1.56 bits per heavy atom. The van der Waals surface area contributed by atoms with Crippen molar-refractivity contribution in [1.82, 2.24) is 4.90 Å². The fourth-order valence-electron chi connectivity index (χ4n) is 1.88. The Balaban J connectivity index is 2.27. The maximum atomic E-state index is 11.6. The first-order chi connectivity index (χ1) is 8.35. The largest absolute Gasteiger partial charge is 0.477 e. The van der Waals surface area contributed by atoms with Crippen LogP contribution in [0.1, 0.15) is 6.42 Å². The van der Waals surface area contributed by atoms with Gasteiger partial charge in [0.1, 0.15) is 5.70 Å². The number of sulfone groups is 1. The molecule has 0 unspecified atom stereocenters. The number of hydrogen-bond donors (Lipinski definition) is 2. The zero-order chi connectivity index (χ0) is 13.5. The van der Waals surface area contributed by atoms with E-state index in [1.54, 1.807) is 0 Å². The van der Waals surface area contributed by atoms with Crippen molar-refractivity contribution in [2.45, 2.75) is 11.8 Å². The summed E-state index contributed by atoms with van der Waals surface area (Å²) in [6.45, 7) is -0.00520. The fraction of sp³-hybridized carbons (Fsp3) is 0.556. The number of amides is 1. The van der Waals surface area contributed by atoms with Crippen molar-refractivity contribution in [2.24, 2.45) is 5.73 Å². The summed E-state index contributed by atoms with van der Waals surface area (Å²) in [4.78, 5) is 23.8. The van der Waals surface area contributed by atoms with E-state index in [-0.39, 0.29) is 46.4 Å². The van der Waals surface area contributed by atoms with Gasteiger partial charge in [-0.15, -0.1) is 11.8 Å². The van der Waals surface area contributed by atoms with Crippen LogP contribution in [0, 0.1) is 0 Å². The van der Waals surface area contributed by atoms with E-state index in [1.165, 1.54) is 0 Å². The van der Waals surface area contributed by atoms with E-state index in [1.807, 2.05) is 0 Å². The predicted octanol–water partition coefficient (Wildman–Crippen LogP) is -1.04. The fourth-order valence-corrected chi connectivity index (χ4v) is 4.91. The lowest BCUT2D eigenvalue weighted by atomic mass is 10.1. The van der Waals surface area contributed by atoms with Crippen molar-refractivity contribution < 1.29 is 23.1 Å². The number of β-lactam (4-membered cyclic amide) rings is 1. The molecule has 2 rings (SSSR count). The highest BCUT2D eigenvalue weighted by atomic mass is 32.2. The molecule has 0 aliphatic carbocycles. The number of nitrogens with two attached hydrogens (primary N) is 1. The van der Waals surface area contributed by atoms with Gasteiger partial charge in [0.25, 0.3) is 0 Å². The van der Waals surface area contributed by atoms with Crippen molar-refractivity contribution in [1.29, 1.82) is 0 Å². The molecule has 2 heterocycles. The second kappa shape index (κ2) is 4.56. The highest BCUT2D eigenvalue weighted by Crippen LogP contribution is 2.46. The number of carboxylic acids is 1. The van der Waals surface area contributed by atoms with E-state index in [0.717, 1.165) is 16.7 Å². The Morgan fingerprint density at radius 3 is 2.72 bits per heavy atom. The van der Waals surface area contributed by atoms with Gasteiger partial charge in [0.15, 0.2) is 9.84 Å². The number of carbonyl (C=O) groups excluding carboxylic acids is 1. The van der Waals surface area contributed by atoms with Crippen LogP contribution >= 0.6 is 11.8 Å². The lowest BCUT2D eigenvalue weighted by Gasteiger charge is -2.33. The number of rotatable bonds is 5. The second-order valence-corrected chi connectivity index (χ2v) is 7.45. The number of carboxylic acid groups (broad SMARTS) is 1. The number of aliphatic carboxylic acids is 1. The number of carbonyl (C=O) groups is 2. The number of thioether (sulfide) groups is 1. The molecular weight excluding hydrogens is 280 g/mol. The van der Waals surface area contributed by atoms with Crippen LogP contribution in [0.25, 0.3) is 0 Å². The lowest BCUT2D eigenvalue weighted by Crippen LogP contribution is -2.48. The van der Waals surface area contributed by atoms with E-state index in [0.29, 0.717) is 0 Å². The van der Waals surface area contributed by atoms with Crippen molar-refractivity contribution in [3.05, 3.63) is 10.6 Å². The van der Waals surface area contributed by atoms with Gasteiger partial charge in [-0.1, -0.05) is 0 Å². The van der Waals surface area contributed by atoms with Gasteiger partial charge in [-0.2, -0.15) is 0 Å². The summed E-state index contributed by atoms with van der Waals surface area (Å²) in [6, 6.07) is 0. The molecule has 2 aliphatic rings. The second-order valence-electron chi connectivity index (χ2n) is 4.00. The predicted molar refractivity (Wildman–Crippen MR) is 65.2 cm³/mol. The minimum absolute atomic E-state index is 0.00520. The van der Waals surface area contributed by atoms with Crippen LogP contribution in [0.4, 0.5) is 0 Å².